The molecule has 1 aromatic heterocycles. The number of hydrogen-bond acceptors (Lipinski definition) is 1. The van der Waals surface area contributed by atoms with Gasteiger partial charge in [-0.3, -0.25) is 4.98 Å². The lowest BCUT2D eigenvalue weighted by atomic mass is 9.84. The van der Waals surface area contributed by atoms with Crippen LogP contribution in [0.2, 0.25) is 0 Å². The summed E-state index contributed by atoms with van der Waals surface area (Å²) in [7, 11) is 0. The first-order chi connectivity index (χ1) is 6.62. The fraction of sp³-hybridized carbons (Fsp3) is 0.643. The van der Waals surface area contributed by atoms with Crippen LogP contribution < -0.4 is 0 Å². The van der Waals surface area contributed by atoms with Gasteiger partial charge in [-0.15, -0.1) is 0 Å². The molecule has 1 aromatic rings. The molecule has 0 unspecified atom stereocenters. The molecule has 1 heteroatoms. The Morgan fingerprint density at radius 3 is 1.80 bits per heavy atom. The maximum absolute atomic E-state index is 4.62. The minimum Gasteiger partial charge on any atom is -0.260 e. The Morgan fingerprint density at radius 2 is 1.47 bits per heavy atom. The summed E-state index contributed by atoms with van der Waals surface area (Å²) in [4.78, 5) is 4.62. The van der Waals surface area contributed by atoms with Crippen LogP contribution in [0.4, 0.5) is 0 Å². The standard InChI is InChI=1S/C14H23N/c1-10-8-11(13(2,3)4)9-15-12(10)14(5,6)7/h8-9H,1-7H3. The van der Waals surface area contributed by atoms with Gasteiger partial charge in [0.1, 0.15) is 0 Å². The van der Waals surface area contributed by atoms with Gasteiger partial charge in [-0.25, -0.2) is 0 Å². The molecule has 15 heavy (non-hydrogen) atoms. The molecule has 0 radical (unpaired) electrons. The second-order valence-corrected chi connectivity index (χ2v) is 6.39. The zero-order chi connectivity index (χ0) is 11.9. The van der Waals surface area contributed by atoms with Crippen molar-refractivity contribution in [2.45, 2.75) is 59.3 Å². The molecule has 0 fully saturated rings. The molecule has 0 amide bonds. The van der Waals surface area contributed by atoms with E-state index >= 15 is 0 Å². The second-order valence-electron chi connectivity index (χ2n) is 6.39. The highest BCUT2D eigenvalue weighted by Gasteiger charge is 2.20. The quantitative estimate of drug-likeness (QED) is 0.624. The van der Waals surface area contributed by atoms with Gasteiger partial charge >= 0.3 is 0 Å². The SMILES string of the molecule is Cc1cc(C(C)(C)C)cnc1C(C)(C)C. The molecule has 0 bridgehead atoms. The number of aryl methyl sites for hydroxylation is 1. The molecule has 0 aliphatic rings. The highest BCUT2D eigenvalue weighted by Crippen LogP contribution is 2.27. The van der Waals surface area contributed by atoms with Crippen molar-refractivity contribution in [1.82, 2.24) is 4.98 Å². The van der Waals surface area contributed by atoms with E-state index in [-0.39, 0.29) is 10.8 Å². The van der Waals surface area contributed by atoms with E-state index in [4.69, 9.17) is 0 Å². The summed E-state index contributed by atoms with van der Waals surface area (Å²) in [6, 6.07) is 2.27. The molecule has 84 valence electrons. The monoisotopic (exact) mass is 205 g/mol. The Morgan fingerprint density at radius 1 is 0.933 bits per heavy atom. The molecule has 1 rings (SSSR count). The molecule has 0 saturated carbocycles. The van der Waals surface area contributed by atoms with Gasteiger partial charge in [0.15, 0.2) is 0 Å². The van der Waals surface area contributed by atoms with E-state index in [1.807, 2.05) is 6.20 Å². The van der Waals surface area contributed by atoms with Crippen molar-refractivity contribution in [1.29, 1.82) is 0 Å². The van der Waals surface area contributed by atoms with Crippen molar-refractivity contribution < 1.29 is 0 Å². The van der Waals surface area contributed by atoms with Crippen LogP contribution in [0.3, 0.4) is 0 Å². The lowest BCUT2D eigenvalue weighted by Crippen LogP contribution is -2.18. The van der Waals surface area contributed by atoms with Crippen molar-refractivity contribution in [2.24, 2.45) is 0 Å². The third-order valence-corrected chi connectivity index (χ3v) is 2.65. The van der Waals surface area contributed by atoms with Crippen LogP contribution >= 0.6 is 0 Å². The van der Waals surface area contributed by atoms with Crippen molar-refractivity contribution in [2.75, 3.05) is 0 Å². The molecular weight excluding hydrogens is 182 g/mol. The van der Waals surface area contributed by atoms with Crippen LogP contribution in [0, 0.1) is 6.92 Å². The molecule has 1 heterocycles. The zero-order valence-corrected chi connectivity index (χ0v) is 11.1. The van der Waals surface area contributed by atoms with Crippen LogP contribution in [0.1, 0.15) is 58.4 Å². The highest BCUT2D eigenvalue weighted by atomic mass is 14.7. The van der Waals surface area contributed by atoms with Gasteiger partial charge in [0.05, 0.1) is 0 Å². The van der Waals surface area contributed by atoms with Crippen LogP contribution in [-0.4, -0.2) is 4.98 Å². The van der Waals surface area contributed by atoms with Crippen LogP contribution in [0.25, 0.3) is 0 Å². The van der Waals surface area contributed by atoms with Crippen LogP contribution in [0.5, 0.6) is 0 Å². The third-order valence-electron chi connectivity index (χ3n) is 2.65. The van der Waals surface area contributed by atoms with Gasteiger partial charge in [-0.1, -0.05) is 47.6 Å². The Bertz CT molecular complexity index is 351. The normalized spacial score (nSPS) is 13.0. The van der Waals surface area contributed by atoms with E-state index in [1.165, 1.54) is 16.8 Å². The maximum atomic E-state index is 4.62. The maximum Gasteiger partial charge on any atom is 0.0486 e. The van der Waals surface area contributed by atoms with Gasteiger partial charge < -0.3 is 0 Å². The Labute approximate surface area is 93.9 Å². The van der Waals surface area contributed by atoms with Gasteiger partial charge in [0, 0.05) is 17.3 Å². The summed E-state index contributed by atoms with van der Waals surface area (Å²) in [6.45, 7) is 15.4. The van der Waals surface area contributed by atoms with E-state index in [0.29, 0.717) is 0 Å². The molecule has 0 N–H and O–H groups in total. The largest absolute Gasteiger partial charge is 0.260 e. The van der Waals surface area contributed by atoms with E-state index in [2.05, 4.69) is 59.5 Å². The Kier molecular flexibility index (Phi) is 2.95. The van der Waals surface area contributed by atoms with Crippen LogP contribution in [0.15, 0.2) is 12.3 Å². The summed E-state index contributed by atoms with van der Waals surface area (Å²) in [5.74, 6) is 0. The number of rotatable bonds is 0. The van der Waals surface area contributed by atoms with Crippen LogP contribution in [-0.2, 0) is 10.8 Å². The lowest BCUT2D eigenvalue weighted by molar-refractivity contribution is 0.552. The highest BCUT2D eigenvalue weighted by molar-refractivity contribution is 5.31. The summed E-state index contributed by atoms with van der Waals surface area (Å²) in [5.41, 5.74) is 4.15. The van der Waals surface area contributed by atoms with E-state index in [0.717, 1.165) is 0 Å². The first kappa shape index (κ1) is 12.2. The molecule has 0 atom stereocenters. The second kappa shape index (κ2) is 3.62. The molecule has 0 saturated heterocycles. The fourth-order valence-electron chi connectivity index (χ4n) is 1.77. The van der Waals surface area contributed by atoms with Gasteiger partial charge in [0.2, 0.25) is 0 Å². The first-order valence-electron chi connectivity index (χ1n) is 5.60. The van der Waals surface area contributed by atoms with Crippen molar-refractivity contribution in [3.8, 4) is 0 Å². The average molecular weight is 205 g/mol. The number of nitrogens with zero attached hydrogens (tertiary/aromatic N) is 1. The Hall–Kier alpha value is -0.850. The molecular formula is C14H23N. The fourth-order valence-corrected chi connectivity index (χ4v) is 1.77. The first-order valence-corrected chi connectivity index (χ1v) is 5.60. The molecule has 0 spiro atoms. The van der Waals surface area contributed by atoms with Gasteiger partial charge in [-0.2, -0.15) is 0 Å². The molecule has 1 nitrogen and oxygen atoms in total. The number of aromatic nitrogens is 1. The van der Waals surface area contributed by atoms with Crippen molar-refractivity contribution in [3.63, 3.8) is 0 Å². The van der Waals surface area contributed by atoms with Crippen molar-refractivity contribution >= 4 is 0 Å². The predicted octanol–water partition coefficient (Wildman–Crippen LogP) is 3.99. The molecule has 0 aliphatic heterocycles. The smallest absolute Gasteiger partial charge is 0.0486 e. The van der Waals surface area contributed by atoms with E-state index < -0.39 is 0 Å². The topological polar surface area (TPSA) is 12.9 Å². The molecule has 0 aliphatic carbocycles. The van der Waals surface area contributed by atoms with Crippen molar-refractivity contribution in [3.05, 3.63) is 29.1 Å². The summed E-state index contributed by atoms with van der Waals surface area (Å²) < 4.78 is 0. The summed E-state index contributed by atoms with van der Waals surface area (Å²) >= 11 is 0. The number of hydrogen-bond donors (Lipinski definition) is 0. The number of pyridine rings is 1. The Balaban J connectivity index is 3.21. The van der Waals surface area contributed by atoms with Gasteiger partial charge in [0.25, 0.3) is 0 Å². The average Bonchev–Trinajstić information content (AvgIpc) is 1.99. The molecule has 0 aromatic carbocycles. The minimum absolute atomic E-state index is 0.139. The predicted molar refractivity (Wildman–Crippen MR) is 66.4 cm³/mol. The van der Waals surface area contributed by atoms with E-state index in [9.17, 15) is 0 Å². The lowest BCUT2D eigenvalue weighted by Gasteiger charge is -2.24. The summed E-state index contributed by atoms with van der Waals surface area (Å²) in [5, 5.41) is 0. The summed E-state index contributed by atoms with van der Waals surface area (Å²) in [6.07, 6.45) is 2.02. The van der Waals surface area contributed by atoms with Gasteiger partial charge in [-0.05, 0) is 23.5 Å². The minimum atomic E-state index is 0.139. The zero-order valence-electron chi connectivity index (χ0n) is 11.1. The third kappa shape index (κ3) is 2.80. The van der Waals surface area contributed by atoms with E-state index in [1.54, 1.807) is 0 Å².